The number of allylic oxidation sites excluding steroid dienone is 2. The van der Waals surface area contributed by atoms with Crippen LogP contribution in [0.3, 0.4) is 0 Å². The van der Waals surface area contributed by atoms with Gasteiger partial charge in [-0.05, 0) is 97.2 Å². The summed E-state index contributed by atoms with van der Waals surface area (Å²) < 4.78 is 11.8. The molecule has 0 spiro atoms. The van der Waals surface area contributed by atoms with Crippen molar-refractivity contribution in [2.45, 2.75) is 142 Å². The zero-order valence-corrected chi connectivity index (χ0v) is 28.7. The third-order valence-electron chi connectivity index (χ3n) is 15.3. The zero-order valence-electron chi connectivity index (χ0n) is 28.7. The van der Waals surface area contributed by atoms with Crippen LogP contribution in [-0.4, -0.2) is 90.8 Å². The average Bonchev–Trinajstić information content (AvgIpc) is 2.96. The van der Waals surface area contributed by atoms with Crippen molar-refractivity contribution >= 4 is 11.9 Å². The van der Waals surface area contributed by atoms with Crippen LogP contribution in [0.25, 0.3) is 0 Å². The van der Waals surface area contributed by atoms with Crippen molar-refractivity contribution in [1.82, 2.24) is 0 Å². The van der Waals surface area contributed by atoms with E-state index in [1.165, 1.54) is 5.57 Å². The molecule has 0 aromatic carbocycles. The van der Waals surface area contributed by atoms with Gasteiger partial charge in [0.1, 0.15) is 5.41 Å². The Morgan fingerprint density at radius 3 is 2.21 bits per heavy atom. The first-order valence-corrected chi connectivity index (χ1v) is 17.5. The molecule has 6 aliphatic rings. The molecule has 0 aromatic heterocycles. The number of aliphatic hydroxyl groups is 5. The van der Waals surface area contributed by atoms with Crippen LogP contribution in [-0.2, 0) is 19.1 Å². The van der Waals surface area contributed by atoms with Gasteiger partial charge in [0, 0.05) is 11.8 Å². The Hall–Kier alpha value is -1.60. The SMILES string of the molecule is CC1(C)CC[C@@]2(C(=O)O)C(C1)C1=CCC3[C@@]4(C)CC[C@H](OC5OC(C(=O)O)CC(O)(O)[C@@H]5O)[C@@](C)(CO)C4CC[C@@]3(C)[C@]1(C)C[C@H]2O. The fourth-order valence-corrected chi connectivity index (χ4v) is 12.3. The van der Waals surface area contributed by atoms with Gasteiger partial charge in [-0.2, -0.15) is 0 Å². The minimum atomic E-state index is -2.71. The van der Waals surface area contributed by atoms with Gasteiger partial charge in [0.2, 0.25) is 0 Å². The topological polar surface area (TPSA) is 194 Å². The normalized spacial score (nSPS) is 51.8. The minimum Gasteiger partial charge on any atom is -0.481 e. The summed E-state index contributed by atoms with van der Waals surface area (Å²) in [6, 6.07) is 0. The molecule has 0 aromatic rings. The molecule has 11 nitrogen and oxygen atoms in total. The quantitative estimate of drug-likeness (QED) is 0.129. The Kier molecular flexibility index (Phi) is 8.21. The molecule has 47 heavy (non-hydrogen) atoms. The van der Waals surface area contributed by atoms with Gasteiger partial charge in [0.25, 0.3) is 0 Å². The standard InChI is InChI=1S/C36H56O11/c1-30(2)13-14-35(29(42)43)20(15-30)19-7-8-23-31(3)11-10-25(47-28-26(39)36(44,45)16-21(46-28)27(40)41)32(4,18-37)22(31)9-12-33(23,5)34(19,6)17-24(35)38/h7,20-26,28,37-39,44-45H,8-18H2,1-6H3,(H,40,41)(H,42,43)/t20?,21?,22?,23?,24-,25+,26-,28?,31+,32+,33-,34-,35-/m1/s1. The Balaban J connectivity index is 1.33. The maximum absolute atomic E-state index is 13.0. The Morgan fingerprint density at radius 1 is 0.915 bits per heavy atom. The minimum absolute atomic E-state index is 0.0281. The van der Waals surface area contributed by atoms with Gasteiger partial charge in [-0.15, -0.1) is 0 Å². The number of carboxylic acids is 2. The number of carboxylic acid groups (broad SMARTS) is 2. The maximum Gasteiger partial charge on any atom is 0.333 e. The van der Waals surface area contributed by atoms with Gasteiger partial charge in [-0.25, -0.2) is 4.79 Å². The van der Waals surface area contributed by atoms with Gasteiger partial charge in [0.05, 0.1) is 18.8 Å². The van der Waals surface area contributed by atoms with Gasteiger partial charge >= 0.3 is 11.9 Å². The summed E-state index contributed by atoms with van der Waals surface area (Å²) in [5.74, 6) is -5.10. The number of ether oxygens (including phenoxy) is 2. The number of fused-ring (bicyclic) bond motifs is 7. The molecule has 5 fully saturated rings. The predicted octanol–water partition coefficient (Wildman–Crippen LogP) is 3.44. The number of hydrogen-bond acceptors (Lipinski definition) is 9. The second kappa shape index (κ2) is 10.9. The lowest BCUT2D eigenvalue weighted by atomic mass is 9.33. The van der Waals surface area contributed by atoms with Crippen LogP contribution in [0, 0.1) is 50.2 Å². The van der Waals surface area contributed by atoms with Crippen LogP contribution < -0.4 is 0 Å². The predicted molar refractivity (Wildman–Crippen MR) is 168 cm³/mol. The molecule has 11 heteroatoms. The van der Waals surface area contributed by atoms with E-state index in [1.807, 2.05) is 6.92 Å². The largest absolute Gasteiger partial charge is 0.481 e. The van der Waals surface area contributed by atoms with E-state index in [0.29, 0.717) is 25.7 Å². The van der Waals surface area contributed by atoms with Crippen molar-refractivity contribution in [2.75, 3.05) is 6.61 Å². The third kappa shape index (κ3) is 4.77. The van der Waals surface area contributed by atoms with Crippen LogP contribution in [0.1, 0.15) is 106 Å². The average molecular weight is 665 g/mol. The summed E-state index contributed by atoms with van der Waals surface area (Å²) in [6.45, 7) is 13.0. The van der Waals surface area contributed by atoms with Crippen LogP contribution in [0.5, 0.6) is 0 Å². The number of rotatable bonds is 5. The van der Waals surface area contributed by atoms with Gasteiger partial charge in [-0.3, -0.25) is 4.79 Å². The van der Waals surface area contributed by atoms with Gasteiger partial charge in [-0.1, -0.05) is 53.2 Å². The Labute approximate surface area is 277 Å². The Bertz CT molecular complexity index is 1330. The molecule has 0 bridgehead atoms. The summed E-state index contributed by atoms with van der Waals surface area (Å²) in [7, 11) is 0. The highest BCUT2D eigenvalue weighted by atomic mass is 16.7. The lowest BCUT2D eigenvalue weighted by Gasteiger charge is -2.71. The first kappa shape index (κ1) is 35.2. The zero-order chi connectivity index (χ0) is 34.8. The highest BCUT2D eigenvalue weighted by molar-refractivity contribution is 5.77. The molecule has 1 aliphatic heterocycles. The monoisotopic (exact) mass is 664 g/mol. The number of aliphatic hydroxyl groups excluding tert-OH is 3. The van der Waals surface area contributed by atoms with E-state index in [1.54, 1.807) is 0 Å². The maximum atomic E-state index is 13.0. The van der Waals surface area contributed by atoms with E-state index in [0.717, 1.165) is 32.1 Å². The number of aliphatic carboxylic acids is 2. The molecule has 5 aliphatic carbocycles. The number of carbonyl (C=O) groups is 2. The van der Waals surface area contributed by atoms with Crippen molar-refractivity contribution in [1.29, 1.82) is 0 Å². The lowest BCUT2D eigenvalue weighted by Crippen LogP contribution is -2.68. The molecule has 266 valence electrons. The van der Waals surface area contributed by atoms with Crippen molar-refractivity contribution in [3.05, 3.63) is 11.6 Å². The molecule has 6 rings (SSSR count). The number of hydrogen-bond donors (Lipinski definition) is 7. The fraction of sp³-hybridized carbons (Fsp3) is 0.889. The molecule has 4 saturated carbocycles. The molecule has 1 saturated heterocycles. The van der Waals surface area contributed by atoms with Crippen LogP contribution >= 0.6 is 0 Å². The summed E-state index contributed by atoms with van der Waals surface area (Å²) in [6.07, 6.45) is 0.759. The van der Waals surface area contributed by atoms with E-state index in [4.69, 9.17) is 9.47 Å². The second-order valence-electron chi connectivity index (χ2n) is 18.0. The summed E-state index contributed by atoms with van der Waals surface area (Å²) in [4.78, 5) is 24.7. The van der Waals surface area contributed by atoms with Crippen LogP contribution in [0.2, 0.25) is 0 Å². The molecule has 5 unspecified atom stereocenters. The van der Waals surface area contributed by atoms with Crippen molar-refractivity contribution < 1.29 is 54.8 Å². The summed E-state index contributed by atoms with van der Waals surface area (Å²) >= 11 is 0. The van der Waals surface area contributed by atoms with E-state index >= 15 is 0 Å². The molecule has 0 radical (unpaired) electrons. The van der Waals surface area contributed by atoms with Gasteiger partial charge in [0.15, 0.2) is 24.3 Å². The van der Waals surface area contributed by atoms with Crippen LogP contribution in [0.15, 0.2) is 11.6 Å². The van der Waals surface area contributed by atoms with E-state index in [-0.39, 0.29) is 40.6 Å². The fourth-order valence-electron chi connectivity index (χ4n) is 12.3. The smallest absolute Gasteiger partial charge is 0.333 e. The highest BCUT2D eigenvalue weighted by Gasteiger charge is 2.72. The molecular weight excluding hydrogens is 608 g/mol. The third-order valence-corrected chi connectivity index (χ3v) is 15.3. The Morgan fingerprint density at radius 2 is 1.60 bits per heavy atom. The van der Waals surface area contributed by atoms with Crippen molar-refractivity contribution in [3.63, 3.8) is 0 Å². The molecule has 7 N–H and O–H groups in total. The lowest BCUT2D eigenvalue weighted by molar-refractivity contribution is -0.365. The van der Waals surface area contributed by atoms with E-state index < -0.39 is 71.1 Å². The van der Waals surface area contributed by atoms with E-state index in [2.05, 4.69) is 40.7 Å². The molecule has 0 amide bonds. The van der Waals surface area contributed by atoms with Crippen molar-refractivity contribution in [2.24, 2.45) is 50.2 Å². The first-order valence-electron chi connectivity index (χ1n) is 17.5. The molecule has 13 atom stereocenters. The first-order chi connectivity index (χ1) is 21.6. The second-order valence-corrected chi connectivity index (χ2v) is 18.0. The highest BCUT2D eigenvalue weighted by Crippen LogP contribution is 2.76. The molecular formula is C36H56O11. The van der Waals surface area contributed by atoms with Crippen molar-refractivity contribution in [3.8, 4) is 0 Å². The van der Waals surface area contributed by atoms with Crippen LogP contribution in [0.4, 0.5) is 0 Å². The summed E-state index contributed by atoms with van der Waals surface area (Å²) in [5.41, 5.74) is -1.75. The van der Waals surface area contributed by atoms with Gasteiger partial charge < -0.3 is 45.2 Å². The van der Waals surface area contributed by atoms with E-state index in [9.17, 15) is 45.3 Å². The summed E-state index contributed by atoms with van der Waals surface area (Å²) in [5, 5.41) is 74.6. The molecule has 1 heterocycles.